The minimum absolute atomic E-state index is 0.0358. The van der Waals surface area contributed by atoms with E-state index in [1.165, 1.54) is 30.6 Å². The fourth-order valence-corrected chi connectivity index (χ4v) is 1.29. The molecule has 1 heterocycles. The smallest absolute Gasteiger partial charge is 0.276 e. The molecule has 0 bridgehead atoms. The number of carbonyl (C=O) groups excluding carboxylic acids is 1. The van der Waals surface area contributed by atoms with Crippen LogP contribution in [0.5, 0.6) is 0 Å². The Balaban J connectivity index is 2.19. The van der Waals surface area contributed by atoms with Crippen molar-refractivity contribution in [3.05, 3.63) is 48.2 Å². The SMILES string of the molecule is NNc1cncc(C(=O)Nc2ccccc2F)n1. The summed E-state index contributed by atoms with van der Waals surface area (Å²) in [5.41, 5.74) is 2.38. The van der Waals surface area contributed by atoms with Crippen LogP contribution in [0.15, 0.2) is 36.7 Å². The molecule has 2 rings (SSSR count). The van der Waals surface area contributed by atoms with Crippen molar-refractivity contribution in [1.82, 2.24) is 9.97 Å². The average molecular weight is 247 g/mol. The number of carbonyl (C=O) groups is 1. The second-order valence-electron chi connectivity index (χ2n) is 3.37. The number of aromatic nitrogens is 2. The Morgan fingerprint density at radius 3 is 2.78 bits per heavy atom. The fraction of sp³-hybridized carbons (Fsp3) is 0. The summed E-state index contributed by atoms with van der Waals surface area (Å²) in [6.07, 6.45) is 2.62. The first-order valence-electron chi connectivity index (χ1n) is 5.05. The van der Waals surface area contributed by atoms with Gasteiger partial charge in [0.2, 0.25) is 0 Å². The van der Waals surface area contributed by atoms with Crippen LogP contribution in [0.2, 0.25) is 0 Å². The van der Waals surface area contributed by atoms with Crippen molar-refractivity contribution >= 4 is 17.4 Å². The number of hydrogen-bond donors (Lipinski definition) is 3. The van der Waals surface area contributed by atoms with Crippen LogP contribution < -0.4 is 16.6 Å². The number of amides is 1. The molecule has 1 aromatic heterocycles. The lowest BCUT2D eigenvalue weighted by molar-refractivity contribution is 0.102. The lowest BCUT2D eigenvalue weighted by Gasteiger charge is -2.06. The van der Waals surface area contributed by atoms with E-state index >= 15 is 0 Å². The highest BCUT2D eigenvalue weighted by atomic mass is 19.1. The molecular weight excluding hydrogens is 237 g/mol. The third kappa shape index (κ3) is 2.58. The molecule has 6 nitrogen and oxygen atoms in total. The lowest BCUT2D eigenvalue weighted by atomic mass is 10.3. The Labute approximate surface area is 102 Å². The van der Waals surface area contributed by atoms with E-state index in [9.17, 15) is 9.18 Å². The standard InChI is InChI=1S/C11H10FN5O/c12-7-3-1-2-4-8(7)16-11(18)9-5-14-6-10(15-9)17-13/h1-6H,13H2,(H,15,17)(H,16,18). The maximum absolute atomic E-state index is 13.3. The summed E-state index contributed by atoms with van der Waals surface area (Å²) in [5.74, 6) is 4.31. The molecule has 0 fully saturated rings. The van der Waals surface area contributed by atoms with Crippen molar-refractivity contribution in [3.8, 4) is 0 Å². The molecule has 0 aliphatic rings. The van der Waals surface area contributed by atoms with E-state index < -0.39 is 11.7 Å². The number of rotatable bonds is 3. The Kier molecular flexibility index (Phi) is 3.44. The molecule has 0 unspecified atom stereocenters. The maximum atomic E-state index is 13.3. The molecular formula is C11H10FN5O. The minimum Gasteiger partial charge on any atom is -0.318 e. The molecule has 0 saturated heterocycles. The summed E-state index contributed by atoms with van der Waals surface area (Å²) in [6.45, 7) is 0. The number of hydrogen-bond acceptors (Lipinski definition) is 5. The van der Waals surface area contributed by atoms with Crippen molar-refractivity contribution in [1.29, 1.82) is 0 Å². The van der Waals surface area contributed by atoms with Gasteiger partial charge in [-0.15, -0.1) is 0 Å². The predicted molar refractivity (Wildman–Crippen MR) is 64.2 cm³/mol. The number of para-hydroxylation sites is 1. The highest BCUT2D eigenvalue weighted by Crippen LogP contribution is 2.13. The number of anilines is 2. The van der Waals surface area contributed by atoms with Gasteiger partial charge in [0.25, 0.3) is 5.91 Å². The predicted octanol–water partition coefficient (Wildman–Crippen LogP) is 1.15. The molecule has 7 heteroatoms. The van der Waals surface area contributed by atoms with Gasteiger partial charge in [-0.05, 0) is 12.1 Å². The van der Waals surface area contributed by atoms with E-state index in [0.29, 0.717) is 0 Å². The van der Waals surface area contributed by atoms with Gasteiger partial charge < -0.3 is 10.7 Å². The van der Waals surface area contributed by atoms with Gasteiger partial charge >= 0.3 is 0 Å². The molecule has 0 aliphatic heterocycles. The number of hydrazine groups is 1. The van der Waals surface area contributed by atoms with E-state index in [4.69, 9.17) is 5.84 Å². The van der Waals surface area contributed by atoms with Crippen LogP contribution in [0.1, 0.15) is 10.5 Å². The van der Waals surface area contributed by atoms with Gasteiger partial charge in [-0.1, -0.05) is 12.1 Å². The second kappa shape index (κ2) is 5.19. The molecule has 0 saturated carbocycles. The first kappa shape index (κ1) is 11.9. The highest BCUT2D eigenvalue weighted by Gasteiger charge is 2.11. The molecule has 92 valence electrons. The number of nitrogens with zero attached hydrogens (tertiary/aromatic N) is 2. The van der Waals surface area contributed by atoms with Gasteiger partial charge in [0.15, 0.2) is 5.82 Å². The van der Waals surface area contributed by atoms with Crippen LogP contribution in [-0.2, 0) is 0 Å². The number of nitrogens with two attached hydrogens (primary N) is 1. The van der Waals surface area contributed by atoms with Crippen molar-refractivity contribution < 1.29 is 9.18 Å². The normalized spacial score (nSPS) is 9.89. The van der Waals surface area contributed by atoms with Crippen molar-refractivity contribution in [2.45, 2.75) is 0 Å². The maximum Gasteiger partial charge on any atom is 0.276 e. The molecule has 2 aromatic rings. The van der Waals surface area contributed by atoms with Gasteiger partial charge in [0.1, 0.15) is 11.5 Å². The Bertz CT molecular complexity index is 575. The van der Waals surface area contributed by atoms with Crippen molar-refractivity contribution in [2.24, 2.45) is 5.84 Å². The zero-order chi connectivity index (χ0) is 13.0. The zero-order valence-electron chi connectivity index (χ0n) is 9.22. The molecule has 1 aromatic carbocycles. The Morgan fingerprint density at radius 2 is 2.06 bits per heavy atom. The van der Waals surface area contributed by atoms with Crippen LogP contribution in [0.4, 0.5) is 15.9 Å². The topological polar surface area (TPSA) is 92.9 Å². The summed E-state index contributed by atoms with van der Waals surface area (Å²) in [6, 6.07) is 5.84. The summed E-state index contributed by atoms with van der Waals surface area (Å²) in [4.78, 5) is 19.5. The van der Waals surface area contributed by atoms with Crippen LogP contribution in [0.3, 0.4) is 0 Å². The molecule has 4 N–H and O–H groups in total. The molecule has 0 spiro atoms. The number of nitrogen functional groups attached to an aromatic ring is 1. The van der Waals surface area contributed by atoms with Gasteiger partial charge in [0.05, 0.1) is 18.1 Å². The summed E-state index contributed by atoms with van der Waals surface area (Å²) in [5, 5.41) is 2.39. The molecule has 0 atom stereocenters. The van der Waals surface area contributed by atoms with Gasteiger partial charge in [-0.25, -0.2) is 15.2 Å². The highest BCUT2D eigenvalue weighted by molar-refractivity contribution is 6.02. The van der Waals surface area contributed by atoms with E-state index in [1.54, 1.807) is 6.07 Å². The fourth-order valence-electron chi connectivity index (χ4n) is 1.29. The third-order valence-corrected chi connectivity index (χ3v) is 2.14. The summed E-state index contributed by atoms with van der Waals surface area (Å²) < 4.78 is 13.3. The van der Waals surface area contributed by atoms with Gasteiger partial charge in [-0.2, -0.15) is 0 Å². The zero-order valence-corrected chi connectivity index (χ0v) is 9.22. The van der Waals surface area contributed by atoms with Crippen LogP contribution in [0.25, 0.3) is 0 Å². The summed E-state index contributed by atoms with van der Waals surface area (Å²) in [7, 11) is 0. The number of halogens is 1. The average Bonchev–Trinajstić information content (AvgIpc) is 2.41. The van der Waals surface area contributed by atoms with Crippen LogP contribution in [-0.4, -0.2) is 15.9 Å². The van der Waals surface area contributed by atoms with Gasteiger partial charge in [-0.3, -0.25) is 9.78 Å². The first-order chi connectivity index (χ1) is 8.70. The third-order valence-electron chi connectivity index (χ3n) is 2.14. The molecule has 1 amide bonds. The van der Waals surface area contributed by atoms with Crippen molar-refractivity contribution in [3.63, 3.8) is 0 Å². The molecule has 18 heavy (non-hydrogen) atoms. The second-order valence-corrected chi connectivity index (χ2v) is 3.37. The van der Waals surface area contributed by atoms with Crippen molar-refractivity contribution in [2.75, 3.05) is 10.7 Å². The monoisotopic (exact) mass is 247 g/mol. The quantitative estimate of drug-likeness (QED) is 0.559. The van der Waals surface area contributed by atoms with Crippen LogP contribution in [0, 0.1) is 5.82 Å². The Hall–Kier alpha value is -2.54. The minimum atomic E-state index is -0.565. The van der Waals surface area contributed by atoms with E-state index in [-0.39, 0.29) is 17.2 Å². The van der Waals surface area contributed by atoms with E-state index in [1.807, 2.05) is 0 Å². The molecule has 0 radical (unpaired) electrons. The van der Waals surface area contributed by atoms with Crippen LogP contribution >= 0.6 is 0 Å². The largest absolute Gasteiger partial charge is 0.318 e. The number of benzene rings is 1. The Morgan fingerprint density at radius 1 is 1.28 bits per heavy atom. The first-order valence-corrected chi connectivity index (χ1v) is 5.05. The lowest BCUT2D eigenvalue weighted by Crippen LogP contribution is -2.17. The molecule has 0 aliphatic carbocycles. The number of nitrogens with one attached hydrogen (secondary N) is 2. The summed E-state index contributed by atoms with van der Waals surface area (Å²) >= 11 is 0. The van der Waals surface area contributed by atoms with Gasteiger partial charge in [0, 0.05) is 0 Å². The van der Waals surface area contributed by atoms with E-state index in [2.05, 4.69) is 20.7 Å². The van der Waals surface area contributed by atoms with E-state index in [0.717, 1.165) is 0 Å².